The number of aromatic nitrogens is 2. The number of halogens is 2. The first-order valence-corrected chi connectivity index (χ1v) is 8.97. The summed E-state index contributed by atoms with van der Waals surface area (Å²) in [5.41, 5.74) is 1.39. The number of benzene rings is 2. The molecule has 3 rings (SSSR count). The number of rotatable bonds is 8. The third-order valence-corrected chi connectivity index (χ3v) is 4.41. The van der Waals surface area contributed by atoms with Gasteiger partial charge in [-0.25, -0.2) is 13.5 Å². The molecule has 1 aromatic heterocycles. The van der Waals surface area contributed by atoms with Crippen LogP contribution in [0.5, 0.6) is 11.5 Å². The molecule has 0 saturated carbocycles. The summed E-state index contributed by atoms with van der Waals surface area (Å²) >= 11 is 0. The number of carbonyl (C=O) groups excluding carboxylic acids is 1. The Bertz CT molecular complexity index is 1000. The topological polar surface area (TPSA) is 65.4 Å². The van der Waals surface area contributed by atoms with Crippen LogP contribution in [-0.4, -0.2) is 29.9 Å². The van der Waals surface area contributed by atoms with Gasteiger partial charge in [-0.2, -0.15) is 5.10 Å². The van der Waals surface area contributed by atoms with Gasteiger partial charge in [-0.3, -0.25) is 4.79 Å². The SMILES string of the molecule is COc1cccc(Cn2nccc2NC(=O)CCc2ccc(F)c(F)c2)c1OC. The van der Waals surface area contributed by atoms with Crippen molar-refractivity contribution in [1.82, 2.24) is 9.78 Å². The number of carbonyl (C=O) groups is 1. The quantitative estimate of drug-likeness (QED) is 0.624. The van der Waals surface area contributed by atoms with E-state index in [1.807, 2.05) is 12.1 Å². The summed E-state index contributed by atoms with van der Waals surface area (Å²) in [7, 11) is 3.12. The van der Waals surface area contributed by atoms with Crippen LogP contribution >= 0.6 is 0 Å². The lowest BCUT2D eigenvalue weighted by Gasteiger charge is -2.14. The van der Waals surface area contributed by atoms with Gasteiger partial charge in [0.2, 0.25) is 5.91 Å². The van der Waals surface area contributed by atoms with Crippen LogP contribution in [0.2, 0.25) is 0 Å². The van der Waals surface area contributed by atoms with Crippen LogP contribution in [0.25, 0.3) is 0 Å². The molecular weight excluding hydrogens is 380 g/mol. The van der Waals surface area contributed by atoms with E-state index in [1.165, 1.54) is 6.07 Å². The van der Waals surface area contributed by atoms with E-state index < -0.39 is 11.6 Å². The van der Waals surface area contributed by atoms with E-state index in [0.29, 0.717) is 35.8 Å². The van der Waals surface area contributed by atoms with Crippen molar-refractivity contribution in [1.29, 1.82) is 0 Å². The van der Waals surface area contributed by atoms with Crippen molar-refractivity contribution in [2.24, 2.45) is 0 Å². The number of nitrogens with zero attached hydrogens (tertiary/aromatic N) is 2. The van der Waals surface area contributed by atoms with Crippen LogP contribution in [0.3, 0.4) is 0 Å². The molecule has 0 aliphatic carbocycles. The highest BCUT2D eigenvalue weighted by Crippen LogP contribution is 2.31. The average molecular weight is 401 g/mol. The fraction of sp³-hybridized carbons (Fsp3) is 0.238. The maximum absolute atomic E-state index is 13.3. The van der Waals surface area contributed by atoms with Crippen LogP contribution in [0.1, 0.15) is 17.5 Å². The summed E-state index contributed by atoms with van der Waals surface area (Å²) in [5, 5.41) is 7.04. The van der Waals surface area contributed by atoms with E-state index in [0.717, 1.165) is 17.7 Å². The van der Waals surface area contributed by atoms with Crippen molar-refractivity contribution in [3.05, 3.63) is 71.4 Å². The predicted octanol–water partition coefficient (Wildman–Crippen LogP) is 3.80. The van der Waals surface area contributed by atoms with Gasteiger partial charge >= 0.3 is 0 Å². The molecule has 0 atom stereocenters. The lowest BCUT2D eigenvalue weighted by Crippen LogP contribution is -2.16. The van der Waals surface area contributed by atoms with E-state index in [-0.39, 0.29) is 12.3 Å². The monoisotopic (exact) mass is 401 g/mol. The molecule has 2 aromatic carbocycles. The molecule has 0 aliphatic rings. The molecule has 0 fully saturated rings. The number of nitrogens with one attached hydrogen (secondary N) is 1. The number of hydrogen-bond acceptors (Lipinski definition) is 4. The van der Waals surface area contributed by atoms with E-state index in [2.05, 4.69) is 10.4 Å². The summed E-state index contributed by atoms with van der Waals surface area (Å²) in [6, 6.07) is 10.8. The molecule has 0 bridgehead atoms. The Morgan fingerprint density at radius 1 is 1.10 bits per heavy atom. The average Bonchev–Trinajstić information content (AvgIpc) is 3.15. The Kier molecular flexibility index (Phi) is 6.43. The molecule has 3 aromatic rings. The number of methoxy groups -OCH3 is 2. The van der Waals surface area contributed by atoms with Crippen LogP contribution < -0.4 is 14.8 Å². The van der Waals surface area contributed by atoms with Crippen LogP contribution in [0.4, 0.5) is 14.6 Å². The normalized spacial score (nSPS) is 10.6. The van der Waals surface area contributed by atoms with Gasteiger partial charge < -0.3 is 14.8 Å². The fourth-order valence-corrected chi connectivity index (χ4v) is 2.96. The van der Waals surface area contributed by atoms with Crippen molar-refractivity contribution in [3.8, 4) is 11.5 Å². The zero-order valence-corrected chi connectivity index (χ0v) is 16.1. The maximum atomic E-state index is 13.3. The molecule has 1 amide bonds. The van der Waals surface area contributed by atoms with Crippen LogP contribution in [0.15, 0.2) is 48.7 Å². The Labute approximate surface area is 167 Å². The number of amides is 1. The van der Waals surface area contributed by atoms with Crippen LogP contribution in [0, 0.1) is 11.6 Å². The van der Waals surface area contributed by atoms with Crippen LogP contribution in [-0.2, 0) is 17.8 Å². The maximum Gasteiger partial charge on any atom is 0.225 e. The zero-order chi connectivity index (χ0) is 20.8. The van der Waals surface area contributed by atoms with E-state index in [1.54, 1.807) is 37.2 Å². The first-order valence-electron chi connectivity index (χ1n) is 8.97. The number of hydrogen-bond donors (Lipinski definition) is 1. The minimum absolute atomic E-state index is 0.124. The van der Waals surface area contributed by atoms with Gasteiger partial charge in [-0.1, -0.05) is 18.2 Å². The van der Waals surface area contributed by atoms with Crippen molar-refractivity contribution in [2.75, 3.05) is 19.5 Å². The fourth-order valence-electron chi connectivity index (χ4n) is 2.96. The van der Waals surface area contributed by atoms with Crippen molar-refractivity contribution < 1.29 is 23.0 Å². The van der Waals surface area contributed by atoms with Crippen molar-refractivity contribution in [3.63, 3.8) is 0 Å². The Hall–Kier alpha value is -3.42. The standard InChI is InChI=1S/C21H21F2N3O3/c1-28-18-5-3-4-15(21(18)29-2)13-26-19(10-11-24-26)25-20(27)9-7-14-6-8-16(22)17(23)12-14/h3-6,8,10-12H,7,9,13H2,1-2H3,(H,25,27). The van der Waals surface area contributed by atoms with Gasteiger partial charge in [0, 0.05) is 18.1 Å². The largest absolute Gasteiger partial charge is 0.493 e. The minimum atomic E-state index is -0.923. The lowest BCUT2D eigenvalue weighted by atomic mass is 10.1. The smallest absolute Gasteiger partial charge is 0.225 e. The highest BCUT2D eigenvalue weighted by Gasteiger charge is 2.13. The minimum Gasteiger partial charge on any atom is -0.493 e. The van der Waals surface area contributed by atoms with Gasteiger partial charge in [0.1, 0.15) is 5.82 Å². The molecule has 0 unspecified atom stereocenters. The lowest BCUT2D eigenvalue weighted by molar-refractivity contribution is -0.116. The van der Waals surface area contributed by atoms with Gasteiger partial charge in [0.05, 0.1) is 27.0 Å². The second kappa shape index (κ2) is 9.18. The number of anilines is 1. The summed E-state index contributed by atoms with van der Waals surface area (Å²) in [5.74, 6) is -0.363. The number of aryl methyl sites for hydroxylation is 1. The summed E-state index contributed by atoms with van der Waals surface area (Å²) < 4.78 is 38.6. The predicted molar refractivity (Wildman–Crippen MR) is 104 cm³/mol. The highest BCUT2D eigenvalue weighted by atomic mass is 19.2. The van der Waals surface area contributed by atoms with Gasteiger partial charge in [0.25, 0.3) is 0 Å². The summed E-state index contributed by atoms with van der Waals surface area (Å²) in [6.07, 6.45) is 2.00. The molecule has 0 saturated heterocycles. The molecular formula is C21H21F2N3O3. The first-order chi connectivity index (χ1) is 14.0. The van der Waals surface area contributed by atoms with Crippen molar-refractivity contribution in [2.45, 2.75) is 19.4 Å². The summed E-state index contributed by atoms with van der Waals surface area (Å²) in [4.78, 5) is 12.3. The zero-order valence-electron chi connectivity index (χ0n) is 16.1. The molecule has 0 spiro atoms. The molecule has 0 radical (unpaired) electrons. The third-order valence-electron chi connectivity index (χ3n) is 4.41. The molecule has 0 aliphatic heterocycles. The molecule has 6 nitrogen and oxygen atoms in total. The number of para-hydroxylation sites is 1. The number of ether oxygens (including phenoxy) is 2. The van der Waals surface area contributed by atoms with Gasteiger partial charge in [0.15, 0.2) is 23.1 Å². The first kappa shape index (κ1) is 20.3. The Morgan fingerprint density at radius 2 is 1.93 bits per heavy atom. The Balaban J connectivity index is 1.66. The van der Waals surface area contributed by atoms with Crippen molar-refractivity contribution >= 4 is 11.7 Å². The van der Waals surface area contributed by atoms with Gasteiger partial charge in [-0.05, 0) is 30.2 Å². The molecule has 1 heterocycles. The molecule has 29 heavy (non-hydrogen) atoms. The highest BCUT2D eigenvalue weighted by molar-refractivity contribution is 5.89. The Morgan fingerprint density at radius 3 is 2.66 bits per heavy atom. The molecule has 8 heteroatoms. The van der Waals surface area contributed by atoms with E-state index in [9.17, 15) is 13.6 Å². The van der Waals surface area contributed by atoms with E-state index >= 15 is 0 Å². The molecule has 1 N–H and O–H groups in total. The second-order valence-electron chi connectivity index (χ2n) is 6.32. The second-order valence-corrected chi connectivity index (χ2v) is 6.32. The third kappa shape index (κ3) is 4.90. The van der Waals surface area contributed by atoms with E-state index in [4.69, 9.17) is 9.47 Å². The van der Waals surface area contributed by atoms with Gasteiger partial charge in [-0.15, -0.1) is 0 Å². The summed E-state index contributed by atoms with van der Waals surface area (Å²) in [6.45, 7) is 0.367. The molecule has 152 valence electrons.